The Bertz CT molecular complexity index is 619. The van der Waals surface area contributed by atoms with Crippen LogP contribution in [0.5, 0.6) is 5.75 Å². The second-order valence-electron chi connectivity index (χ2n) is 6.20. The Kier molecular flexibility index (Phi) is 6.35. The van der Waals surface area contributed by atoms with Gasteiger partial charge in [-0.2, -0.15) is 0 Å². The SMILES string of the molecule is Cl.O=C(/C=C/c1ccc(OC(F)(F)F)cc1)N1CC[C@@H]2CNC[C@H]2C1. The van der Waals surface area contributed by atoms with Gasteiger partial charge in [0.2, 0.25) is 5.91 Å². The van der Waals surface area contributed by atoms with E-state index in [1.165, 1.54) is 30.3 Å². The fourth-order valence-corrected chi connectivity index (χ4v) is 3.29. The van der Waals surface area contributed by atoms with Gasteiger partial charge in [0.05, 0.1) is 0 Å². The maximum Gasteiger partial charge on any atom is 0.573 e. The van der Waals surface area contributed by atoms with Crippen molar-refractivity contribution >= 4 is 24.4 Å². The smallest absolute Gasteiger partial charge is 0.406 e. The van der Waals surface area contributed by atoms with Crippen LogP contribution in [-0.4, -0.2) is 43.3 Å². The number of carbonyl (C=O) groups is 1. The maximum absolute atomic E-state index is 12.3. The summed E-state index contributed by atoms with van der Waals surface area (Å²) in [5.74, 6) is 0.854. The van der Waals surface area contributed by atoms with Gasteiger partial charge in [-0.25, -0.2) is 0 Å². The fourth-order valence-electron chi connectivity index (χ4n) is 3.29. The summed E-state index contributed by atoms with van der Waals surface area (Å²) < 4.78 is 40.1. The number of ether oxygens (including phenoxy) is 1. The number of halogens is 4. The van der Waals surface area contributed by atoms with Gasteiger partial charge in [0, 0.05) is 19.2 Å². The van der Waals surface area contributed by atoms with Crippen LogP contribution in [0.2, 0.25) is 0 Å². The molecule has 2 aliphatic heterocycles. The third-order valence-corrected chi connectivity index (χ3v) is 4.55. The monoisotopic (exact) mass is 376 g/mol. The van der Waals surface area contributed by atoms with Crippen LogP contribution in [0.1, 0.15) is 12.0 Å². The molecule has 2 aliphatic rings. The molecular formula is C17H20ClF3N2O2. The van der Waals surface area contributed by atoms with E-state index >= 15 is 0 Å². The lowest BCUT2D eigenvalue weighted by molar-refractivity contribution is -0.274. The van der Waals surface area contributed by atoms with Gasteiger partial charge in [0.15, 0.2) is 0 Å². The summed E-state index contributed by atoms with van der Waals surface area (Å²) in [7, 11) is 0. The molecule has 8 heteroatoms. The average Bonchev–Trinajstić information content (AvgIpc) is 3.00. The number of benzene rings is 1. The number of nitrogens with zero attached hydrogens (tertiary/aromatic N) is 1. The van der Waals surface area contributed by atoms with Crippen LogP contribution in [0.4, 0.5) is 13.2 Å². The van der Waals surface area contributed by atoms with Gasteiger partial charge < -0.3 is 15.0 Å². The average molecular weight is 377 g/mol. The standard InChI is InChI=1S/C17H19F3N2O2.ClH/c18-17(19,20)24-15-4-1-12(2-5-15)3-6-16(23)22-8-7-13-9-21-10-14(13)11-22;/h1-6,13-14,21H,7-11H2;1H/b6-3+;/t13-,14+;/m1./s1. The predicted molar refractivity (Wildman–Crippen MR) is 90.5 cm³/mol. The molecule has 0 aromatic heterocycles. The molecule has 25 heavy (non-hydrogen) atoms. The van der Waals surface area contributed by atoms with Gasteiger partial charge in [-0.3, -0.25) is 4.79 Å². The summed E-state index contributed by atoms with van der Waals surface area (Å²) in [6, 6.07) is 5.43. The summed E-state index contributed by atoms with van der Waals surface area (Å²) in [5, 5.41) is 3.36. The molecule has 0 aliphatic carbocycles. The summed E-state index contributed by atoms with van der Waals surface area (Å²) in [4.78, 5) is 14.1. The molecular weight excluding hydrogens is 357 g/mol. The van der Waals surface area contributed by atoms with E-state index in [-0.39, 0.29) is 24.1 Å². The van der Waals surface area contributed by atoms with Gasteiger partial charge >= 0.3 is 6.36 Å². The maximum atomic E-state index is 12.3. The molecule has 1 amide bonds. The summed E-state index contributed by atoms with van der Waals surface area (Å²) in [5.41, 5.74) is 0.648. The van der Waals surface area contributed by atoms with Crippen molar-refractivity contribution in [2.24, 2.45) is 11.8 Å². The van der Waals surface area contributed by atoms with Crippen molar-refractivity contribution in [2.75, 3.05) is 26.2 Å². The summed E-state index contributed by atoms with van der Waals surface area (Å²) in [6.07, 6.45) is -0.601. The van der Waals surface area contributed by atoms with Crippen LogP contribution in [-0.2, 0) is 4.79 Å². The summed E-state index contributed by atoms with van der Waals surface area (Å²) >= 11 is 0. The van der Waals surface area contributed by atoms with Crippen LogP contribution in [0, 0.1) is 11.8 Å². The van der Waals surface area contributed by atoms with Gasteiger partial charge in [-0.05, 0) is 55.1 Å². The Hall–Kier alpha value is -1.73. The van der Waals surface area contributed by atoms with Crippen molar-refractivity contribution in [3.05, 3.63) is 35.9 Å². The van der Waals surface area contributed by atoms with Crippen LogP contribution >= 0.6 is 12.4 Å². The molecule has 0 unspecified atom stereocenters. The number of rotatable bonds is 3. The normalized spacial score (nSPS) is 23.2. The molecule has 2 heterocycles. The molecule has 1 aromatic rings. The van der Waals surface area contributed by atoms with Crippen molar-refractivity contribution in [3.63, 3.8) is 0 Å². The number of amides is 1. The Balaban J connectivity index is 0.00000225. The minimum absolute atomic E-state index is 0. The van der Waals surface area contributed by atoms with E-state index in [4.69, 9.17) is 0 Å². The molecule has 4 nitrogen and oxygen atoms in total. The minimum Gasteiger partial charge on any atom is -0.406 e. The predicted octanol–water partition coefficient (Wildman–Crippen LogP) is 3.09. The first kappa shape index (κ1) is 19.6. The number of carbonyl (C=O) groups excluding carboxylic acids is 1. The molecule has 0 saturated carbocycles. The lowest BCUT2D eigenvalue weighted by atomic mass is 9.88. The van der Waals surface area contributed by atoms with E-state index in [9.17, 15) is 18.0 Å². The highest BCUT2D eigenvalue weighted by Gasteiger charge is 2.34. The van der Waals surface area contributed by atoms with E-state index < -0.39 is 6.36 Å². The fraction of sp³-hybridized carbons (Fsp3) is 0.471. The van der Waals surface area contributed by atoms with Crippen molar-refractivity contribution in [1.29, 1.82) is 0 Å². The van der Waals surface area contributed by atoms with Gasteiger partial charge in [0.1, 0.15) is 5.75 Å². The highest BCUT2D eigenvalue weighted by Crippen LogP contribution is 2.27. The number of likely N-dealkylation sites (tertiary alicyclic amines) is 1. The molecule has 0 bridgehead atoms. The minimum atomic E-state index is -4.70. The Morgan fingerprint density at radius 1 is 1.20 bits per heavy atom. The van der Waals surface area contributed by atoms with Crippen molar-refractivity contribution < 1.29 is 22.7 Å². The van der Waals surface area contributed by atoms with Gasteiger partial charge in [-0.15, -0.1) is 25.6 Å². The van der Waals surface area contributed by atoms with Crippen LogP contribution in [0.15, 0.2) is 30.3 Å². The second-order valence-corrected chi connectivity index (χ2v) is 6.20. The number of nitrogens with one attached hydrogen (secondary N) is 1. The number of piperidine rings is 1. The third kappa shape index (κ3) is 5.37. The number of hydrogen-bond acceptors (Lipinski definition) is 3. The second kappa shape index (κ2) is 8.10. The number of fused-ring (bicyclic) bond motifs is 1. The Morgan fingerprint density at radius 3 is 2.56 bits per heavy atom. The van der Waals surface area contributed by atoms with Crippen molar-refractivity contribution in [3.8, 4) is 5.75 Å². The van der Waals surface area contributed by atoms with E-state index in [0.29, 0.717) is 17.4 Å². The molecule has 138 valence electrons. The Morgan fingerprint density at radius 2 is 1.88 bits per heavy atom. The molecule has 1 aromatic carbocycles. The van der Waals surface area contributed by atoms with Crippen LogP contribution < -0.4 is 10.1 Å². The largest absolute Gasteiger partial charge is 0.573 e. The quantitative estimate of drug-likeness (QED) is 0.824. The lowest BCUT2D eigenvalue weighted by Crippen LogP contribution is -2.42. The van der Waals surface area contributed by atoms with Gasteiger partial charge in [-0.1, -0.05) is 12.1 Å². The van der Waals surface area contributed by atoms with Crippen molar-refractivity contribution in [2.45, 2.75) is 12.8 Å². The molecule has 0 spiro atoms. The topological polar surface area (TPSA) is 41.6 Å². The van der Waals surface area contributed by atoms with Crippen molar-refractivity contribution in [1.82, 2.24) is 10.2 Å². The molecule has 0 radical (unpaired) electrons. The zero-order valence-corrected chi connectivity index (χ0v) is 14.3. The van der Waals surface area contributed by atoms with E-state index in [2.05, 4.69) is 10.1 Å². The zero-order valence-electron chi connectivity index (χ0n) is 13.5. The van der Waals surface area contributed by atoms with E-state index in [1.807, 2.05) is 4.90 Å². The van der Waals surface area contributed by atoms with E-state index in [0.717, 1.165) is 32.6 Å². The molecule has 1 N–H and O–H groups in total. The van der Waals surface area contributed by atoms with Crippen LogP contribution in [0.3, 0.4) is 0 Å². The lowest BCUT2D eigenvalue weighted by Gasteiger charge is -2.33. The van der Waals surface area contributed by atoms with E-state index in [1.54, 1.807) is 6.08 Å². The third-order valence-electron chi connectivity index (χ3n) is 4.55. The molecule has 2 fully saturated rings. The van der Waals surface area contributed by atoms with Crippen LogP contribution in [0.25, 0.3) is 6.08 Å². The molecule has 3 rings (SSSR count). The number of alkyl halides is 3. The van der Waals surface area contributed by atoms with Gasteiger partial charge in [0.25, 0.3) is 0 Å². The zero-order chi connectivity index (χ0) is 17.2. The number of hydrogen-bond donors (Lipinski definition) is 1. The molecule has 2 atom stereocenters. The first-order valence-electron chi connectivity index (χ1n) is 7.94. The highest BCUT2D eigenvalue weighted by atomic mass is 35.5. The Labute approximate surface area is 150 Å². The highest BCUT2D eigenvalue weighted by molar-refractivity contribution is 5.91. The first-order chi connectivity index (χ1) is 11.4. The first-order valence-corrected chi connectivity index (χ1v) is 7.94. The molecule has 2 saturated heterocycles. The summed E-state index contributed by atoms with van der Waals surface area (Å²) in [6.45, 7) is 3.51.